The Kier molecular flexibility index (Phi) is 6.70. The van der Waals surface area contributed by atoms with Crippen LogP contribution in [-0.4, -0.2) is 32.7 Å². The zero-order valence-electron chi connectivity index (χ0n) is 6.83. The van der Waals surface area contributed by atoms with E-state index in [0.717, 1.165) is 17.2 Å². The molecule has 0 heterocycles. The molecule has 0 bridgehead atoms. The summed E-state index contributed by atoms with van der Waals surface area (Å²) in [7, 11) is -3.08. The van der Waals surface area contributed by atoms with Gasteiger partial charge >= 0.3 is 0 Å². The minimum atomic E-state index is -3.08. The lowest BCUT2D eigenvalue weighted by molar-refractivity contribution is 0.151. The average Bonchev–Trinajstić information content (AvgIpc) is 2.04. The highest BCUT2D eigenvalue weighted by molar-refractivity contribution is 9.09. The molecule has 0 atom stereocenters. The number of ether oxygens (including phenoxy) is 1. The molecular weight excluding hydrogens is 244 g/mol. The van der Waals surface area contributed by atoms with Crippen molar-refractivity contribution in [3.8, 4) is 0 Å². The third-order valence-electron chi connectivity index (χ3n) is 1.19. The van der Waals surface area contributed by atoms with Gasteiger partial charge in [-0.1, -0.05) is 22.5 Å². The summed E-state index contributed by atoms with van der Waals surface area (Å²) in [4.78, 5) is 0. The average molecular weight is 257 g/mol. The molecule has 0 aliphatic carbocycles. The van der Waals surface area contributed by atoms with Gasteiger partial charge < -0.3 is 4.74 Å². The van der Waals surface area contributed by atoms with Crippen molar-refractivity contribution in [2.75, 3.05) is 24.3 Å². The fraction of sp³-hybridized carbons (Fsp3) is 0.714. The van der Waals surface area contributed by atoms with Crippen LogP contribution in [-0.2, 0) is 14.6 Å². The van der Waals surface area contributed by atoms with Crippen molar-refractivity contribution in [2.24, 2.45) is 0 Å². The SMILES string of the molecule is C=CS(=O)(=O)CCOCCCBr. The molecule has 0 saturated carbocycles. The second-order valence-corrected chi connectivity index (χ2v) is 5.05. The topological polar surface area (TPSA) is 43.4 Å². The molecule has 0 N–H and O–H groups in total. The molecule has 0 spiro atoms. The van der Waals surface area contributed by atoms with E-state index < -0.39 is 9.84 Å². The fourth-order valence-electron chi connectivity index (χ4n) is 0.517. The fourth-order valence-corrected chi connectivity index (χ4v) is 1.26. The second-order valence-electron chi connectivity index (χ2n) is 2.19. The van der Waals surface area contributed by atoms with Crippen LogP contribution in [0.2, 0.25) is 0 Å². The van der Waals surface area contributed by atoms with E-state index in [4.69, 9.17) is 4.74 Å². The summed E-state index contributed by atoms with van der Waals surface area (Å²) in [5.41, 5.74) is 0. The first kappa shape index (κ1) is 12.1. The molecular formula is C7H13BrO3S. The lowest BCUT2D eigenvalue weighted by Gasteiger charge is -2.00. The zero-order valence-corrected chi connectivity index (χ0v) is 9.23. The number of hydrogen-bond donors (Lipinski definition) is 0. The Morgan fingerprint density at radius 2 is 2.08 bits per heavy atom. The maximum Gasteiger partial charge on any atom is 0.173 e. The minimum absolute atomic E-state index is 0.0266. The summed E-state index contributed by atoms with van der Waals surface area (Å²) in [6.07, 6.45) is 0.897. The Morgan fingerprint density at radius 1 is 1.42 bits per heavy atom. The van der Waals surface area contributed by atoms with Gasteiger partial charge in [0.1, 0.15) is 0 Å². The van der Waals surface area contributed by atoms with Crippen LogP contribution in [0.4, 0.5) is 0 Å². The molecule has 12 heavy (non-hydrogen) atoms. The first-order chi connectivity index (χ1) is 5.62. The van der Waals surface area contributed by atoms with Crippen LogP contribution in [0.5, 0.6) is 0 Å². The predicted octanol–water partition coefficient (Wildman–Crippen LogP) is 1.35. The van der Waals surface area contributed by atoms with E-state index in [9.17, 15) is 8.42 Å². The van der Waals surface area contributed by atoms with E-state index in [1.807, 2.05) is 0 Å². The number of alkyl halides is 1. The monoisotopic (exact) mass is 256 g/mol. The lowest BCUT2D eigenvalue weighted by Crippen LogP contribution is -2.09. The third-order valence-corrected chi connectivity index (χ3v) is 2.99. The maximum absolute atomic E-state index is 10.8. The highest BCUT2D eigenvalue weighted by Crippen LogP contribution is 1.92. The summed E-state index contributed by atoms with van der Waals surface area (Å²) in [6.45, 7) is 4.04. The molecule has 5 heteroatoms. The molecule has 0 radical (unpaired) electrons. The van der Waals surface area contributed by atoms with Crippen molar-refractivity contribution in [3.05, 3.63) is 12.0 Å². The van der Waals surface area contributed by atoms with E-state index in [-0.39, 0.29) is 12.4 Å². The molecule has 0 fully saturated rings. The number of sulfone groups is 1. The van der Waals surface area contributed by atoms with Gasteiger partial charge in [0.15, 0.2) is 9.84 Å². The van der Waals surface area contributed by atoms with E-state index in [1.165, 1.54) is 0 Å². The van der Waals surface area contributed by atoms with Gasteiger partial charge in [0.05, 0.1) is 12.4 Å². The molecule has 0 saturated heterocycles. The van der Waals surface area contributed by atoms with E-state index in [1.54, 1.807) is 0 Å². The normalized spacial score (nSPS) is 11.4. The van der Waals surface area contributed by atoms with Gasteiger partial charge in [-0.05, 0) is 6.42 Å². The van der Waals surface area contributed by atoms with Crippen molar-refractivity contribution in [3.63, 3.8) is 0 Å². The van der Waals surface area contributed by atoms with Gasteiger partial charge in [-0.25, -0.2) is 8.42 Å². The smallest absolute Gasteiger partial charge is 0.173 e. The van der Waals surface area contributed by atoms with Crippen LogP contribution in [0.1, 0.15) is 6.42 Å². The molecule has 0 unspecified atom stereocenters. The summed E-state index contributed by atoms with van der Waals surface area (Å²) in [5, 5.41) is 1.84. The molecule has 72 valence electrons. The van der Waals surface area contributed by atoms with Crippen molar-refractivity contribution in [2.45, 2.75) is 6.42 Å². The van der Waals surface area contributed by atoms with Crippen molar-refractivity contribution in [1.82, 2.24) is 0 Å². The highest BCUT2D eigenvalue weighted by Gasteiger charge is 2.03. The third kappa shape index (κ3) is 6.82. The summed E-state index contributed by atoms with van der Waals surface area (Å²) >= 11 is 3.24. The summed E-state index contributed by atoms with van der Waals surface area (Å²) < 4.78 is 26.7. The first-order valence-electron chi connectivity index (χ1n) is 3.61. The van der Waals surface area contributed by atoms with Crippen molar-refractivity contribution >= 4 is 25.8 Å². The van der Waals surface area contributed by atoms with Gasteiger partial charge in [0.2, 0.25) is 0 Å². The Bertz CT molecular complexity index is 211. The van der Waals surface area contributed by atoms with Crippen LogP contribution >= 0.6 is 15.9 Å². The van der Waals surface area contributed by atoms with Crippen LogP contribution in [0, 0.1) is 0 Å². The molecule has 0 aromatic heterocycles. The quantitative estimate of drug-likeness (QED) is 0.510. The van der Waals surface area contributed by atoms with Crippen LogP contribution < -0.4 is 0 Å². The van der Waals surface area contributed by atoms with Gasteiger partial charge in [-0.2, -0.15) is 0 Å². The molecule has 0 aromatic carbocycles. The number of rotatable bonds is 7. The zero-order chi connectivity index (χ0) is 9.45. The lowest BCUT2D eigenvalue weighted by atomic mass is 10.5. The highest BCUT2D eigenvalue weighted by atomic mass is 79.9. The Morgan fingerprint density at radius 3 is 2.58 bits per heavy atom. The summed E-state index contributed by atoms with van der Waals surface area (Å²) in [6, 6.07) is 0. The Hall–Kier alpha value is 0.130. The largest absolute Gasteiger partial charge is 0.380 e. The van der Waals surface area contributed by atoms with Gasteiger partial charge in [-0.15, -0.1) is 0 Å². The van der Waals surface area contributed by atoms with Crippen LogP contribution in [0.15, 0.2) is 12.0 Å². The van der Waals surface area contributed by atoms with E-state index in [2.05, 4.69) is 22.5 Å². The van der Waals surface area contributed by atoms with Crippen LogP contribution in [0.3, 0.4) is 0 Å². The molecule has 0 aliphatic rings. The second kappa shape index (κ2) is 6.62. The van der Waals surface area contributed by atoms with Crippen molar-refractivity contribution < 1.29 is 13.2 Å². The Labute approximate surface area is 81.8 Å². The minimum Gasteiger partial charge on any atom is -0.380 e. The summed E-state index contributed by atoms with van der Waals surface area (Å²) in [5.74, 6) is 0.0266. The molecule has 0 amide bonds. The predicted molar refractivity (Wildman–Crippen MR) is 53.2 cm³/mol. The molecule has 0 aliphatic heterocycles. The standard InChI is InChI=1S/C7H13BrO3S/c1-2-12(9,10)7-6-11-5-3-4-8/h2H,1,3-7H2. The van der Waals surface area contributed by atoms with Gasteiger partial charge in [-0.3, -0.25) is 0 Å². The number of hydrogen-bond acceptors (Lipinski definition) is 3. The molecule has 0 aromatic rings. The van der Waals surface area contributed by atoms with E-state index in [0.29, 0.717) is 6.61 Å². The van der Waals surface area contributed by atoms with Gasteiger partial charge in [0.25, 0.3) is 0 Å². The van der Waals surface area contributed by atoms with Crippen molar-refractivity contribution in [1.29, 1.82) is 0 Å². The Balaban J connectivity index is 3.38. The first-order valence-corrected chi connectivity index (χ1v) is 6.45. The molecule has 3 nitrogen and oxygen atoms in total. The van der Waals surface area contributed by atoms with Crippen LogP contribution in [0.25, 0.3) is 0 Å². The molecule has 0 rings (SSSR count). The number of halogens is 1. The maximum atomic E-state index is 10.8. The van der Waals surface area contributed by atoms with E-state index >= 15 is 0 Å². The van der Waals surface area contributed by atoms with Gasteiger partial charge in [0, 0.05) is 17.3 Å².